The van der Waals surface area contributed by atoms with Gasteiger partial charge < -0.3 is 16.0 Å². The van der Waals surface area contributed by atoms with Gasteiger partial charge in [-0.3, -0.25) is 14.5 Å². The summed E-state index contributed by atoms with van der Waals surface area (Å²) in [4.78, 5) is 32.5. The lowest BCUT2D eigenvalue weighted by atomic mass is 10.0. The fourth-order valence-corrected chi connectivity index (χ4v) is 2.76. The molecule has 0 saturated heterocycles. The van der Waals surface area contributed by atoms with Crippen LogP contribution < -0.4 is 11.1 Å². The molecule has 0 saturated carbocycles. The van der Waals surface area contributed by atoms with Gasteiger partial charge in [-0.1, -0.05) is 13.8 Å². The van der Waals surface area contributed by atoms with Gasteiger partial charge in [0.1, 0.15) is 5.82 Å². The molecule has 1 aliphatic rings. The monoisotopic (exact) mass is 319 g/mol. The molecule has 7 nitrogen and oxygen atoms in total. The summed E-state index contributed by atoms with van der Waals surface area (Å²) in [5, 5.41) is 2.56. The van der Waals surface area contributed by atoms with E-state index in [0.29, 0.717) is 31.6 Å². The average Bonchev–Trinajstić information content (AvgIpc) is 2.57. The zero-order chi connectivity index (χ0) is 17.0. The van der Waals surface area contributed by atoms with Crippen LogP contribution in [0, 0.1) is 0 Å². The van der Waals surface area contributed by atoms with E-state index in [2.05, 4.69) is 15.2 Å². The van der Waals surface area contributed by atoms with Crippen LogP contribution in [0.15, 0.2) is 6.07 Å². The number of rotatable bonds is 5. The zero-order valence-corrected chi connectivity index (χ0v) is 14.1. The summed E-state index contributed by atoms with van der Waals surface area (Å²) in [5.41, 5.74) is 8.00. The van der Waals surface area contributed by atoms with E-state index in [-0.39, 0.29) is 17.6 Å². The molecule has 3 N–H and O–H groups in total. The summed E-state index contributed by atoms with van der Waals surface area (Å²) in [6.45, 7) is 7.34. The Balaban J connectivity index is 2.16. The first-order valence-electron chi connectivity index (χ1n) is 8.00. The van der Waals surface area contributed by atoms with E-state index in [1.54, 1.807) is 13.1 Å². The van der Waals surface area contributed by atoms with E-state index in [1.165, 1.54) is 0 Å². The molecule has 0 spiro atoms. The largest absolute Gasteiger partial charge is 0.383 e. The lowest BCUT2D eigenvalue weighted by Gasteiger charge is -2.30. The Morgan fingerprint density at radius 2 is 2.09 bits per heavy atom. The number of likely N-dealkylation sites (N-methyl/N-ethyl adjacent to an activating group) is 1. The minimum Gasteiger partial charge on any atom is -0.383 e. The number of nitrogen functional groups attached to an aromatic ring is 1. The van der Waals surface area contributed by atoms with Gasteiger partial charge in [0.15, 0.2) is 0 Å². The van der Waals surface area contributed by atoms with Gasteiger partial charge in [-0.2, -0.15) is 0 Å². The zero-order valence-electron chi connectivity index (χ0n) is 14.1. The van der Waals surface area contributed by atoms with Gasteiger partial charge in [0, 0.05) is 32.3 Å². The summed E-state index contributed by atoms with van der Waals surface area (Å²) in [6.07, 6.45) is 0.664. The predicted octanol–water partition coefficient (Wildman–Crippen LogP) is 0.250. The molecule has 0 atom stereocenters. The minimum absolute atomic E-state index is 0.109. The van der Waals surface area contributed by atoms with E-state index in [1.807, 2.05) is 18.7 Å². The van der Waals surface area contributed by atoms with Crippen LogP contribution in [0.3, 0.4) is 0 Å². The Morgan fingerprint density at radius 1 is 1.39 bits per heavy atom. The van der Waals surface area contributed by atoms with Crippen molar-refractivity contribution < 1.29 is 9.59 Å². The van der Waals surface area contributed by atoms with Gasteiger partial charge in [-0.15, -0.1) is 0 Å². The van der Waals surface area contributed by atoms with E-state index in [9.17, 15) is 9.59 Å². The molecule has 126 valence electrons. The molecule has 0 radical (unpaired) electrons. The van der Waals surface area contributed by atoms with Crippen molar-refractivity contribution in [2.45, 2.75) is 26.8 Å². The van der Waals surface area contributed by atoms with Crippen LogP contribution in [-0.4, -0.2) is 59.8 Å². The van der Waals surface area contributed by atoms with Gasteiger partial charge in [-0.25, -0.2) is 4.98 Å². The Kier molecular flexibility index (Phi) is 5.54. The predicted molar refractivity (Wildman–Crippen MR) is 88.9 cm³/mol. The number of amides is 2. The first-order valence-corrected chi connectivity index (χ1v) is 8.00. The van der Waals surface area contributed by atoms with Crippen LogP contribution in [0.5, 0.6) is 0 Å². The minimum atomic E-state index is -0.260. The van der Waals surface area contributed by atoms with Crippen molar-refractivity contribution in [3.63, 3.8) is 0 Å². The molecular formula is C16H25N5O2. The number of carbonyl (C=O) groups excluding carboxylic acids is 2. The first kappa shape index (κ1) is 17.2. The van der Waals surface area contributed by atoms with Crippen molar-refractivity contribution in [1.82, 2.24) is 20.1 Å². The van der Waals surface area contributed by atoms with Gasteiger partial charge in [0.05, 0.1) is 12.1 Å². The topological polar surface area (TPSA) is 91.6 Å². The van der Waals surface area contributed by atoms with E-state index < -0.39 is 0 Å². The molecule has 0 bridgehead atoms. The third-order valence-electron chi connectivity index (χ3n) is 4.28. The number of pyridine rings is 1. The lowest BCUT2D eigenvalue weighted by molar-refractivity contribution is -0.133. The second kappa shape index (κ2) is 7.41. The van der Waals surface area contributed by atoms with Crippen LogP contribution in [0.2, 0.25) is 0 Å². The number of nitrogens with one attached hydrogen (secondary N) is 1. The van der Waals surface area contributed by atoms with Crippen LogP contribution in [0.4, 0.5) is 5.82 Å². The van der Waals surface area contributed by atoms with Crippen molar-refractivity contribution in [3.05, 3.63) is 22.9 Å². The molecule has 7 heteroatoms. The number of aromatic nitrogens is 1. The van der Waals surface area contributed by atoms with Crippen molar-refractivity contribution >= 4 is 17.6 Å². The van der Waals surface area contributed by atoms with Crippen molar-refractivity contribution in [2.24, 2.45) is 0 Å². The van der Waals surface area contributed by atoms with Crippen molar-refractivity contribution in [1.29, 1.82) is 0 Å². The van der Waals surface area contributed by atoms with E-state index in [0.717, 1.165) is 24.3 Å². The molecule has 1 aromatic heterocycles. The molecule has 2 amide bonds. The molecule has 2 heterocycles. The quantitative estimate of drug-likeness (QED) is 0.812. The smallest absolute Gasteiger partial charge is 0.254 e. The first-order chi connectivity index (χ1) is 11.0. The highest BCUT2D eigenvalue weighted by atomic mass is 16.2. The number of hydrogen-bond acceptors (Lipinski definition) is 5. The second-order valence-electron chi connectivity index (χ2n) is 5.63. The summed E-state index contributed by atoms with van der Waals surface area (Å²) >= 11 is 0. The van der Waals surface area contributed by atoms with E-state index >= 15 is 0 Å². The number of fused-ring (bicyclic) bond motifs is 1. The summed E-state index contributed by atoms with van der Waals surface area (Å²) < 4.78 is 0. The molecule has 0 aromatic carbocycles. The molecule has 1 aliphatic heterocycles. The van der Waals surface area contributed by atoms with Gasteiger partial charge in [-0.05, 0) is 24.7 Å². The normalized spacial score (nSPS) is 13.8. The molecule has 0 unspecified atom stereocenters. The van der Waals surface area contributed by atoms with Crippen LogP contribution in [0.25, 0.3) is 0 Å². The van der Waals surface area contributed by atoms with Gasteiger partial charge >= 0.3 is 0 Å². The molecule has 23 heavy (non-hydrogen) atoms. The lowest BCUT2D eigenvalue weighted by Crippen LogP contribution is -2.43. The van der Waals surface area contributed by atoms with Gasteiger partial charge in [0.25, 0.3) is 5.91 Å². The van der Waals surface area contributed by atoms with Crippen molar-refractivity contribution in [2.75, 3.05) is 39.0 Å². The SMILES string of the molecule is CCN(CC)CC(=O)N1CCc2nc(N)c(C(=O)NC)cc2C1. The van der Waals surface area contributed by atoms with Crippen molar-refractivity contribution in [3.8, 4) is 0 Å². The summed E-state index contributed by atoms with van der Waals surface area (Å²) in [6, 6.07) is 1.76. The molecule has 1 aromatic rings. The Morgan fingerprint density at radius 3 is 2.70 bits per heavy atom. The van der Waals surface area contributed by atoms with Crippen LogP contribution >= 0.6 is 0 Å². The molecular weight excluding hydrogens is 294 g/mol. The highest BCUT2D eigenvalue weighted by Crippen LogP contribution is 2.22. The summed E-state index contributed by atoms with van der Waals surface area (Å²) in [7, 11) is 1.56. The average molecular weight is 319 g/mol. The number of carbonyl (C=O) groups is 2. The third kappa shape index (κ3) is 3.79. The second-order valence-corrected chi connectivity index (χ2v) is 5.63. The fraction of sp³-hybridized carbons (Fsp3) is 0.562. The highest BCUT2D eigenvalue weighted by molar-refractivity contribution is 5.98. The number of nitrogens with two attached hydrogens (primary N) is 1. The maximum absolute atomic E-state index is 12.4. The Bertz CT molecular complexity index is 598. The standard InChI is InChI=1S/C16H25N5O2/c1-4-20(5-2)10-14(22)21-7-6-13-11(9-21)8-12(15(17)19-13)16(23)18-3/h8H,4-7,9-10H2,1-3H3,(H2,17,19)(H,18,23). The number of hydrogen-bond donors (Lipinski definition) is 2. The molecule has 0 fully saturated rings. The number of nitrogens with zero attached hydrogens (tertiary/aromatic N) is 3. The van der Waals surface area contributed by atoms with Crippen LogP contribution in [-0.2, 0) is 17.8 Å². The van der Waals surface area contributed by atoms with Gasteiger partial charge in [0.2, 0.25) is 5.91 Å². The van der Waals surface area contributed by atoms with Crippen LogP contribution in [0.1, 0.15) is 35.5 Å². The number of anilines is 1. The molecule has 2 rings (SSSR count). The Hall–Kier alpha value is -2.15. The third-order valence-corrected chi connectivity index (χ3v) is 4.28. The summed E-state index contributed by atoms with van der Waals surface area (Å²) in [5.74, 6) is 0.0908. The maximum atomic E-state index is 12.4. The Labute approximate surface area is 136 Å². The fourth-order valence-electron chi connectivity index (χ4n) is 2.76. The maximum Gasteiger partial charge on any atom is 0.254 e. The van der Waals surface area contributed by atoms with E-state index in [4.69, 9.17) is 5.73 Å². The highest BCUT2D eigenvalue weighted by Gasteiger charge is 2.24. The molecule has 0 aliphatic carbocycles.